The van der Waals surface area contributed by atoms with Crippen molar-refractivity contribution in [1.82, 2.24) is 15.1 Å². The molecule has 2 fully saturated rings. The van der Waals surface area contributed by atoms with Gasteiger partial charge in [0.15, 0.2) is 5.96 Å². The Balaban J connectivity index is 2.14. The number of nitrogens with one attached hydrogen (secondary N) is 1. The third-order valence-corrected chi connectivity index (χ3v) is 6.02. The van der Waals surface area contributed by atoms with E-state index in [0.29, 0.717) is 38.6 Å². The minimum atomic E-state index is -1.16. The van der Waals surface area contributed by atoms with Crippen molar-refractivity contribution in [3.63, 3.8) is 0 Å². The molecule has 0 radical (unpaired) electrons. The molecule has 2 aliphatic rings. The van der Waals surface area contributed by atoms with Gasteiger partial charge >= 0.3 is 5.97 Å². The Bertz CT molecular complexity index is 770. The summed E-state index contributed by atoms with van der Waals surface area (Å²) < 4.78 is 0. The maximum absolute atomic E-state index is 13.2. The molecule has 13 heteroatoms. The Morgan fingerprint density at radius 2 is 1.64 bits per heavy atom. The number of aliphatic imine (C=N–C) groups is 1. The van der Waals surface area contributed by atoms with Crippen molar-refractivity contribution >= 4 is 29.7 Å². The zero-order chi connectivity index (χ0) is 24.7. The van der Waals surface area contributed by atoms with Crippen molar-refractivity contribution in [3.8, 4) is 0 Å². The van der Waals surface area contributed by atoms with Crippen LogP contribution < -0.4 is 22.5 Å². The van der Waals surface area contributed by atoms with Gasteiger partial charge in [0.1, 0.15) is 24.2 Å². The summed E-state index contributed by atoms with van der Waals surface area (Å²) in [5, 5.41) is 21.8. The van der Waals surface area contributed by atoms with E-state index < -0.39 is 54.0 Å². The highest BCUT2D eigenvalue weighted by Gasteiger charge is 2.41. The van der Waals surface area contributed by atoms with Gasteiger partial charge in [0.05, 0.1) is 6.10 Å². The van der Waals surface area contributed by atoms with E-state index in [2.05, 4.69) is 10.3 Å². The molecule has 5 atom stereocenters. The molecule has 0 spiro atoms. The highest BCUT2D eigenvalue weighted by Crippen LogP contribution is 2.22. The number of carbonyl (C=O) groups is 4. The summed E-state index contributed by atoms with van der Waals surface area (Å²) in [7, 11) is 0. The average molecular weight is 470 g/mol. The predicted octanol–water partition coefficient (Wildman–Crippen LogP) is -2.70. The van der Waals surface area contributed by atoms with Crippen molar-refractivity contribution in [2.24, 2.45) is 22.2 Å². The molecule has 5 unspecified atom stereocenters. The van der Waals surface area contributed by atoms with Crippen LogP contribution in [0.2, 0.25) is 0 Å². The van der Waals surface area contributed by atoms with Crippen LogP contribution in [0.4, 0.5) is 0 Å². The lowest BCUT2D eigenvalue weighted by molar-refractivity contribution is -0.150. The fourth-order valence-electron chi connectivity index (χ4n) is 4.22. The van der Waals surface area contributed by atoms with Gasteiger partial charge in [0.2, 0.25) is 17.7 Å². The van der Waals surface area contributed by atoms with Gasteiger partial charge in [-0.1, -0.05) is 0 Å². The molecule has 0 aromatic heterocycles. The highest BCUT2D eigenvalue weighted by molar-refractivity contribution is 5.94. The van der Waals surface area contributed by atoms with Gasteiger partial charge in [-0.25, -0.2) is 4.79 Å². The van der Waals surface area contributed by atoms with Gasteiger partial charge in [-0.2, -0.15) is 0 Å². The molecule has 9 N–H and O–H groups in total. The summed E-state index contributed by atoms with van der Waals surface area (Å²) in [6.45, 7) is 2.23. The largest absolute Gasteiger partial charge is 0.480 e. The van der Waals surface area contributed by atoms with E-state index in [9.17, 15) is 29.4 Å². The Hall–Kier alpha value is -2.93. The second kappa shape index (κ2) is 11.8. The van der Waals surface area contributed by atoms with E-state index in [1.165, 1.54) is 16.7 Å². The van der Waals surface area contributed by atoms with Crippen molar-refractivity contribution < 1.29 is 29.4 Å². The van der Waals surface area contributed by atoms with Gasteiger partial charge < -0.3 is 42.5 Å². The molecule has 33 heavy (non-hydrogen) atoms. The minimum absolute atomic E-state index is 0.0954. The predicted molar refractivity (Wildman–Crippen MR) is 119 cm³/mol. The monoisotopic (exact) mass is 469 g/mol. The van der Waals surface area contributed by atoms with Gasteiger partial charge in [-0.3, -0.25) is 19.4 Å². The van der Waals surface area contributed by atoms with Crippen LogP contribution in [0, 0.1) is 0 Å². The summed E-state index contributed by atoms with van der Waals surface area (Å²) in [5.41, 5.74) is 16.4. The number of nitrogens with two attached hydrogens (primary N) is 3. The number of carboxylic acids is 1. The standard InChI is InChI=1S/C20H35N7O6/c1-11(28)15(21)18(31)26-9-3-6-13(26)16(29)25-12(5-2-8-24-20(22)23)17(30)27-10-4-7-14(27)19(32)33/h11-15,28H,2-10,21H2,1H3,(H,25,29)(H,32,33)(H4,22,23,24). The van der Waals surface area contributed by atoms with Crippen LogP contribution in [-0.2, 0) is 19.2 Å². The molecule has 3 amide bonds. The molecule has 2 saturated heterocycles. The maximum atomic E-state index is 13.2. The SMILES string of the molecule is CC(O)C(N)C(=O)N1CCCC1C(=O)NC(CCCN=C(N)N)C(=O)N1CCCC1C(=O)O. The summed E-state index contributed by atoms with van der Waals surface area (Å²) in [4.78, 5) is 56.9. The number of guanidine groups is 1. The number of aliphatic hydroxyl groups is 1. The quantitative estimate of drug-likeness (QED) is 0.111. The zero-order valence-electron chi connectivity index (χ0n) is 18.9. The van der Waals surface area contributed by atoms with E-state index in [1.807, 2.05) is 0 Å². The summed E-state index contributed by atoms with van der Waals surface area (Å²) in [5.74, 6) is -2.74. The van der Waals surface area contributed by atoms with E-state index >= 15 is 0 Å². The fraction of sp³-hybridized carbons (Fsp3) is 0.750. The molecule has 0 bridgehead atoms. The molecule has 0 aromatic rings. The number of aliphatic hydroxyl groups excluding tert-OH is 1. The number of carbonyl (C=O) groups excluding carboxylic acids is 3. The average Bonchev–Trinajstić information content (AvgIpc) is 3.43. The first kappa shape index (κ1) is 26.3. The van der Waals surface area contributed by atoms with Crippen LogP contribution >= 0.6 is 0 Å². The van der Waals surface area contributed by atoms with Crippen LogP contribution in [-0.4, -0.2) is 99.6 Å². The summed E-state index contributed by atoms with van der Waals surface area (Å²) in [6.07, 6.45) is 1.36. The van der Waals surface area contributed by atoms with Crippen LogP contribution in [0.25, 0.3) is 0 Å². The Labute approximate surface area is 192 Å². The second-order valence-electron chi connectivity index (χ2n) is 8.49. The second-order valence-corrected chi connectivity index (χ2v) is 8.49. The van der Waals surface area contributed by atoms with Gasteiger partial charge in [0, 0.05) is 19.6 Å². The maximum Gasteiger partial charge on any atom is 0.326 e. The topological polar surface area (TPSA) is 218 Å². The molecular weight excluding hydrogens is 434 g/mol. The fourth-order valence-corrected chi connectivity index (χ4v) is 4.22. The van der Waals surface area contributed by atoms with Gasteiger partial charge in [0.25, 0.3) is 0 Å². The summed E-state index contributed by atoms with van der Waals surface area (Å²) >= 11 is 0. The smallest absolute Gasteiger partial charge is 0.326 e. The van der Waals surface area contributed by atoms with Crippen molar-refractivity contribution in [3.05, 3.63) is 0 Å². The van der Waals surface area contributed by atoms with Crippen LogP contribution in [0.15, 0.2) is 4.99 Å². The van der Waals surface area contributed by atoms with Crippen LogP contribution in [0.5, 0.6) is 0 Å². The van der Waals surface area contributed by atoms with Crippen molar-refractivity contribution in [2.45, 2.75) is 75.7 Å². The Morgan fingerprint density at radius 1 is 1.06 bits per heavy atom. The number of hydrogen-bond acceptors (Lipinski definition) is 7. The first-order valence-electron chi connectivity index (χ1n) is 11.2. The first-order chi connectivity index (χ1) is 15.5. The van der Waals surface area contributed by atoms with Crippen LogP contribution in [0.3, 0.4) is 0 Å². The van der Waals surface area contributed by atoms with Gasteiger partial charge in [-0.15, -0.1) is 0 Å². The van der Waals surface area contributed by atoms with Crippen molar-refractivity contribution in [2.75, 3.05) is 19.6 Å². The third-order valence-electron chi connectivity index (χ3n) is 6.02. The molecule has 0 saturated carbocycles. The number of rotatable bonds is 10. The number of likely N-dealkylation sites (tertiary alicyclic amines) is 2. The number of amides is 3. The lowest BCUT2D eigenvalue weighted by Crippen LogP contribution is -2.57. The molecule has 2 heterocycles. The number of aliphatic carboxylic acids is 1. The highest BCUT2D eigenvalue weighted by atomic mass is 16.4. The number of carboxylic acid groups (broad SMARTS) is 1. The number of nitrogens with zero attached hydrogens (tertiary/aromatic N) is 3. The van der Waals surface area contributed by atoms with E-state index in [1.54, 1.807) is 0 Å². The molecular formula is C20H35N7O6. The molecule has 0 aliphatic carbocycles. The zero-order valence-corrected chi connectivity index (χ0v) is 18.9. The van der Waals surface area contributed by atoms with E-state index in [4.69, 9.17) is 17.2 Å². The Morgan fingerprint density at radius 3 is 2.18 bits per heavy atom. The molecule has 2 rings (SSSR count). The first-order valence-corrected chi connectivity index (χ1v) is 11.2. The van der Waals surface area contributed by atoms with Gasteiger partial charge in [-0.05, 0) is 45.4 Å². The van der Waals surface area contributed by atoms with Crippen LogP contribution in [0.1, 0.15) is 45.4 Å². The van der Waals surface area contributed by atoms with Crippen molar-refractivity contribution in [1.29, 1.82) is 0 Å². The molecule has 186 valence electrons. The van der Waals surface area contributed by atoms with E-state index in [-0.39, 0.29) is 25.5 Å². The Kier molecular flexibility index (Phi) is 9.41. The van der Waals surface area contributed by atoms with E-state index in [0.717, 1.165) is 0 Å². The lowest BCUT2D eigenvalue weighted by Gasteiger charge is -2.31. The third kappa shape index (κ3) is 6.78. The normalized spacial score (nSPS) is 23.0. The summed E-state index contributed by atoms with van der Waals surface area (Å²) in [6, 6.07) is -3.92. The molecule has 2 aliphatic heterocycles. The number of hydrogen-bond donors (Lipinski definition) is 6. The molecule has 0 aromatic carbocycles. The minimum Gasteiger partial charge on any atom is -0.480 e. The molecule has 13 nitrogen and oxygen atoms in total. The lowest BCUT2D eigenvalue weighted by atomic mass is 10.1.